The fourth-order valence-corrected chi connectivity index (χ4v) is 3.89. The van der Waals surface area contributed by atoms with Gasteiger partial charge >= 0.3 is 0 Å². The second-order valence-electron chi connectivity index (χ2n) is 6.88. The SMILES string of the molecule is O=C(CCNS(=O)(=O)/C=C/c1ccccc1)NCCNC(=O)C1CCCCC1. The van der Waals surface area contributed by atoms with Crippen LogP contribution in [0, 0.1) is 5.92 Å². The van der Waals surface area contributed by atoms with Gasteiger partial charge in [-0.3, -0.25) is 9.59 Å². The van der Waals surface area contributed by atoms with Gasteiger partial charge in [0.25, 0.3) is 0 Å². The first-order valence-corrected chi connectivity index (χ1v) is 11.3. The zero-order valence-electron chi connectivity index (χ0n) is 16.0. The Labute approximate surface area is 167 Å². The van der Waals surface area contributed by atoms with Crippen molar-refractivity contribution in [3.05, 3.63) is 41.3 Å². The molecule has 0 spiro atoms. The van der Waals surface area contributed by atoms with Crippen LogP contribution in [0.5, 0.6) is 0 Å². The molecule has 1 fully saturated rings. The van der Waals surface area contributed by atoms with Crippen LogP contribution in [0.2, 0.25) is 0 Å². The minimum Gasteiger partial charge on any atom is -0.354 e. The van der Waals surface area contributed by atoms with Crippen molar-refractivity contribution < 1.29 is 18.0 Å². The molecule has 0 atom stereocenters. The third-order valence-electron chi connectivity index (χ3n) is 4.62. The zero-order valence-corrected chi connectivity index (χ0v) is 16.8. The van der Waals surface area contributed by atoms with E-state index < -0.39 is 10.0 Å². The van der Waals surface area contributed by atoms with Crippen LogP contribution in [-0.4, -0.2) is 39.9 Å². The van der Waals surface area contributed by atoms with Crippen LogP contribution >= 0.6 is 0 Å². The molecule has 0 aromatic heterocycles. The highest BCUT2D eigenvalue weighted by atomic mass is 32.2. The number of carbonyl (C=O) groups excluding carboxylic acids is 2. The highest BCUT2D eigenvalue weighted by Crippen LogP contribution is 2.23. The van der Waals surface area contributed by atoms with Crippen LogP contribution in [0.25, 0.3) is 6.08 Å². The van der Waals surface area contributed by atoms with E-state index in [4.69, 9.17) is 0 Å². The van der Waals surface area contributed by atoms with Crippen molar-refractivity contribution in [2.24, 2.45) is 5.92 Å². The molecular weight excluding hydrogens is 378 g/mol. The quantitative estimate of drug-likeness (QED) is 0.514. The standard InChI is InChI=1S/C20H29N3O4S/c24-19(21-14-15-22-20(25)18-9-5-2-6-10-18)11-13-23-28(26,27)16-12-17-7-3-1-4-8-17/h1,3-4,7-8,12,16,18,23H,2,5-6,9-11,13-15H2,(H,21,24)(H,22,25)/b16-12+. The Hall–Kier alpha value is -2.19. The molecule has 3 N–H and O–H groups in total. The Balaban J connectivity index is 1.57. The Bertz CT molecular complexity index is 757. The van der Waals surface area contributed by atoms with Gasteiger partial charge in [0, 0.05) is 37.4 Å². The molecular formula is C20H29N3O4S. The van der Waals surface area contributed by atoms with E-state index in [9.17, 15) is 18.0 Å². The summed E-state index contributed by atoms with van der Waals surface area (Å²) >= 11 is 0. The van der Waals surface area contributed by atoms with Crippen LogP contribution in [0.1, 0.15) is 44.1 Å². The highest BCUT2D eigenvalue weighted by molar-refractivity contribution is 7.92. The Morgan fingerprint density at radius 2 is 1.64 bits per heavy atom. The summed E-state index contributed by atoms with van der Waals surface area (Å²) in [5, 5.41) is 6.61. The van der Waals surface area contributed by atoms with E-state index in [0.717, 1.165) is 36.7 Å². The molecule has 0 aliphatic heterocycles. The van der Waals surface area contributed by atoms with E-state index in [1.807, 2.05) is 18.2 Å². The molecule has 1 aromatic carbocycles. The number of amides is 2. The monoisotopic (exact) mass is 407 g/mol. The maximum Gasteiger partial charge on any atom is 0.233 e. The molecule has 0 saturated heterocycles. The van der Waals surface area contributed by atoms with E-state index in [0.29, 0.717) is 13.1 Å². The van der Waals surface area contributed by atoms with Gasteiger partial charge in [0.2, 0.25) is 21.8 Å². The fraction of sp³-hybridized carbons (Fsp3) is 0.500. The van der Waals surface area contributed by atoms with Gasteiger partial charge in [-0.05, 0) is 24.5 Å². The van der Waals surface area contributed by atoms with Gasteiger partial charge in [0.1, 0.15) is 0 Å². The van der Waals surface area contributed by atoms with E-state index in [1.165, 1.54) is 12.5 Å². The normalized spacial score (nSPS) is 15.4. The van der Waals surface area contributed by atoms with Crippen molar-refractivity contribution in [2.75, 3.05) is 19.6 Å². The molecule has 0 bridgehead atoms. The first-order chi connectivity index (χ1) is 13.5. The van der Waals surface area contributed by atoms with Crippen LogP contribution in [-0.2, 0) is 19.6 Å². The number of sulfonamides is 1. The van der Waals surface area contributed by atoms with Crippen molar-refractivity contribution in [3.63, 3.8) is 0 Å². The molecule has 1 aliphatic rings. The van der Waals surface area contributed by atoms with Crippen LogP contribution < -0.4 is 15.4 Å². The molecule has 0 heterocycles. The molecule has 1 saturated carbocycles. The Morgan fingerprint density at radius 3 is 2.36 bits per heavy atom. The first kappa shape index (κ1) is 22.1. The predicted molar refractivity (Wildman–Crippen MR) is 110 cm³/mol. The molecule has 1 aliphatic carbocycles. The summed E-state index contributed by atoms with van der Waals surface area (Å²) in [5.41, 5.74) is 0.779. The summed E-state index contributed by atoms with van der Waals surface area (Å²) in [7, 11) is -3.59. The summed E-state index contributed by atoms with van der Waals surface area (Å²) in [5.74, 6) is -0.101. The van der Waals surface area contributed by atoms with Crippen molar-refractivity contribution >= 4 is 27.9 Å². The lowest BCUT2D eigenvalue weighted by atomic mass is 9.89. The second-order valence-corrected chi connectivity index (χ2v) is 8.53. The van der Waals surface area contributed by atoms with Crippen LogP contribution in [0.15, 0.2) is 35.7 Å². The topological polar surface area (TPSA) is 104 Å². The minimum atomic E-state index is -3.59. The molecule has 1 aromatic rings. The summed E-state index contributed by atoms with van der Waals surface area (Å²) in [6.07, 6.45) is 6.82. The lowest BCUT2D eigenvalue weighted by Crippen LogP contribution is -2.38. The summed E-state index contributed by atoms with van der Waals surface area (Å²) in [6, 6.07) is 9.09. The van der Waals surface area contributed by atoms with Gasteiger partial charge < -0.3 is 10.6 Å². The average Bonchev–Trinajstić information content (AvgIpc) is 2.71. The molecule has 28 heavy (non-hydrogen) atoms. The smallest absolute Gasteiger partial charge is 0.233 e. The predicted octanol–water partition coefficient (Wildman–Crippen LogP) is 1.78. The number of hydrogen-bond donors (Lipinski definition) is 3. The van der Waals surface area contributed by atoms with Crippen molar-refractivity contribution in [3.8, 4) is 0 Å². The summed E-state index contributed by atoms with van der Waals surface area (Å²) < 4.78 is 26.2. The largest absolute Gasteiger partial charge is 0.354 e. The summed E-state index contributed by atoms with van der Waals surface area (Å²) in [6.45, 7) is 0.728. The zero-order chi connectivity index (χ0) is 20.2. The van der Waals surface area contributed by atoms with Gasteiger partial charge in [-0.15, -0.1) is 0 Å². The van der Waals surface area contributed by atoms with Crippen LogP contribution in [0.3, 0.4) is 0 Å². The van der Waals surface area contributed by atoms with Crippen molar-refractivity contribution in [2.45, 2.75) is 38.5 Å². The number of hydrogen-bond acceptors (Lipinski definition) is 4. The molecule has 154 valence electrons. The molecule has 7 nitrogen and oxygen atoms in total. The molecule has 0 unspecified atom stereocenters. The lowest BCUT2D eigenvalue weighted by molar-refractivity contribution is -0.126. The summed E-state index contributed by atoms with van der Waals surface area (Å²) in [4.78, 5) is 23.8. The number of nitrogens with one attached hydrogen (secondary N) is 3. The van der Waals surface area contributed by atoms with Crippen molar-refractivity contribution in [1.29, 1.82) is 0 Å². The second kappa shape index (κ2) is 11.6. The average molecular weight is 408 g/mol. The minimum absolute atomic E-state index is 0.0156. The highest BCUT2D eigenvalue weighted by Gasteiger charge is 2.20. The maximum absolute atomic E-state index is 12.0. The number of carbonyl (C=O) groups is 2. The van der Waals surface area contributed by atoms with E-state index in [-0.39, 0.29) is 30.7 Å². The third-order valence-corrected chi connectivity index (χ3v) is 5.72. The van der Waals surface area contributed by atoms with Gasteiger partial charge in [-0.25, -0.2) is 13.1 Å². The van der Waals surface area contributed by atoms with Gasteiger partial charge in [0.05, 0.1) is 0 Å². The van der Waals surface area contributed by atoms with E-state index in [1.54, 1.807) is 12.1 Å². The van der Waals surface area contributed by atoms with E-state index >= 15 is 0 Å². The van der Waals surface area contributed by atoms with Gasteiger partial charge in [-0.2, -0.15) is 0 Å². The first-order valence-electron chi connectivity index (χ1n) is 9.73. The molecule has 2 amide bonds. The van der Waals surface area contributed by atoms with E-state index in [2.05, 4.69) is 15.4 Å². The fourth-order valence-electron chi connectivity index (χ4n) is 3.07. The third kappa shape index (κ3) is 8.67. The van der Waals surface area contributed by atoms with Crippen LogP contribution in [0.4, 0.5) is 0 Å². The Morgan fingerprint density at radius 1 is 0.964 bits per heavy atom. The molecule has 8 heteroatoms. The van der Waals surface area contributed by atoms with Gasteiger partial charge in [-0.1, -0.05) is 49.6 Å². The lowest BCUT2D eigenvalue weighted by Gasteiger charge is -2.20. The Kier molecular flexibility index (Phi) is 9.16. The number of rotatable bonds is 10. The van der Waals surface area contributed by atoms with Gasteiger partial charge in [0.15, 0.2) is 0 Å². The molecule has 2 rings (SSSR count). The number of benzene rings is 1. The van der Waals surface area contributed by atoms with Crippen molar-refractivity contribution in [1.82, 2.24) is 15.4 Å². The maximum atomic E-state index is 12.0. The molecule has 0 radical (unpaired) electrons.